The van der Waals surface area contributed by atoms with Gasteiger partial charge in [0.25, 0.3) is 5.91 Å². The topological polar surface area (TPSA) is 55.4 Å². The van der Waals surface area contributed by atoms with Crippen LogP contribution in [0.4, 0.5) is 4.39 Å². The van der Waals surface area contributed by atoms with Gasteiger partial charge in [-0.05, 0) is 37.1 Å². The van der Waals surface area contributed by atoms with Crippen LogP contribution >= 0.6 is 0 Å². The van der Waals surface area contributed by atoms with E-state index in [1.54, 1.807) is 0 Å². The standard InChI is InChI=1S/C15H18FNO3/c1-3-11(2)17-14(18)10-20-15(19)9-6-12-4-7-13(16)8-5-12/h4-9,11H,3,10H2,1-2H3,(H,17,18)/b9-6+/t11-/m0/s1. The minimum absolute atomic E-state index is 0.0518. The monoisotopic (exact) mass is 279 g/mol. The van der Waals surface area contributed by atoms with Crippen LogP contribution in [0.25, 0.3) is 6.08 Å². The summed E-state index contributed by atoms with van der Waals surface area (Å²) in [6.45, 7) is 3.51. The largest absolute Gasteiger partial charge is 0.452 e. The van der Waals surface area contributed by atoms with Crippen molar-refractivity contribution in [2.75, 3.05) is 6.61 Å². The van der Waals surface area contributed by atoms with E-state index in [0.29, 0.717) is 5.56 Å². The number of nitrogens with one attached hydrogen (secondary N) is 1. The molecule has 1 amide bonds. The lowest BCUT2D eigenvalue weighted by molar-refractivity contribution is -0.144. The van der Waals surface area contributed by atoms with Crippen molar-refractivity contribution < 1.29 is 18.7 Å². The third-order valence-electron chi connectivity index (χ3n) is 2.65. The van der Waals surface area contributed by atoms with Crippen molar-refractivity contribution in [1.82, 2.24) is 5.32 Å². The maximum absolute atomic E-state index is 12.7. The molecule has 0 aliphatic carbocycles. The zero-order chi connectivity index (χ0) is 15.0. The molecule has 108 valence electrons. The van der Waals surface area contributed by atoms with Crippen LogP contribution in [0.5, 0.6) is 0 Å². The van der Waals surface area contributed by atoms with Gasteiger partial charge in [-0.25, -0.2) is 9.18 Å². The summed E-state index contributed by atoms with van der Waals surface area (Å²) in [6.07, 6.45) is 3.50. The number of hydrogen-bond acceptors (Lipinski definition) is 3. The number of rotatable bonds is 6. The maximum atomic E-state index is 12.7. The van der Waals surface area contributed by atoms with Crippen molar-refractivity contribution in [3.8, 4) is 0 Å². The first-order valence-electron chi connectivity index (χ1n) is 6.41. The summed E-state index contributed by atoms with van der Waals surface area (Å²) in [6, 6.07) is 5.72. The molecule has 0 unspecified atom stereocenters. The van der Waals surface area contributed by atoms with E-state index in [2.05, 4.69) is 5.32 Å². The van der Waals surface area contributed by atoms with Crippen LogP contribution < -0.4 is 5.32 Å². The number of benzene rings is 1. The van der Waals surface area contributed by atoms with Crippen molar-refractivity contribution >= 4 is 18.0 Å². The fourth-order valence-corrected chi connectivity index (χ4v) is 1.34. The summed E-state index contributed by atoms with van der Waals surface area (Å²) in [5.74, 6) is -1.29. The van der Waals surface area contributed by atoms with Gasteiger partial charge in [0.15, 0.2) is 6.61 Å². The van der Waals surface area contributed by atoms with Gasteiger partial charge in [0.05, 0.1) is 0 Å². The number of halogens is 1. The predicted octanol–water partition coefficient (Wildman–Crippen LogP) is 2.30. The molecule has 0 saturated heterocycles. The molecule has 0 spiro atoms. The van der Waals surface area contributed by atoms with E-state index < -0.39 is 5.97 Å². The number of carbonyl (C=O) groups excluding carboxylic acids is 2. The highest BCUT2D eigenvalue weighted by molar-refractivity contribution is 5.89. The second kappa shape index (κ2) is 8.09. The van der Waals surface area contributed by atoms with Gasteiger partial charge in [0.1, 0.15) is 5.82 Å². The summed E-state index contributed by atoms with van der Waals surface area (Å²) in [5, 5.41) is 2.68. The molecule has 0 bridgehead atoms. The Hall–Kier alpha value is -2.17. The summed E-state index contributed by atoms with van der Waals surface area (Å²) in [7, 11) is 0. The lowest BCUT2D eigenvalue weighted by atomic mass is 10.2. The van der Waals surface area contributed by atoms with Gasteiger partial charge >= 0.3 is 5.97 Å². The van der Waals surface area contributed by atoms with Gasteiger partial charge in [-0.3, -0.25) is 4.79 Å². The predicted molar refractivity (Wildman–Crippen MR) is 74.3 cm³/mol. The summed E-state index contributed by atoms with van der Waals surface area (Å²) in [4.78, 5) is 22.8. The van der Waals surface area contributed by atoms with Crippen LogP contribution in [0, 0.1) is 5.82 Å². The first-order valence-corrected chi connectivity index (χ1v) is 6.41. The molecule has 0 aromatic heterocycles. The lowest BCUT2D eigenvalue weighted by Crippen LogP contribution is -2.35. The molecule has 1 rings (SSSR count). The molecule has 5 heteroatoms. The van der Waals surface area contributed by atoms with Gasteiger partial charge in [0, 0.05) is 12.1 Å². The summed E-state index contributed by atoms with van der Waals surface area (Å²) < 4.78 is 17.5. The van der Waals surface area contributed by atoms with Crippen LogP contribution in [0.2, 0.25) is 0 Å². The quantitative estimate of drug-likeness (QED) is 0.642. The first kappa shape index (κ1) is 15.9. The van der Waals surface area contributed by atoms with Crippen molar-refractivity contribution in [2.45, 2.75) is 26.3 Å². The molecule has 0 radical (unpaired) electrons. The highest BCUT2D eigenvalue weighted by Gasteiger charge is 2.07. The van der Waals surface area contributed by atoms with Crippen molar-refractivity contribution in [1.29, 1.82) is 0 Å². The average molecular weight is 279 g/mol. The fraction of sp³-hybridized carbons (Fsp3) is 0.333. The highest BCUT2D eigenvalue weighted by Crippen LogP contribution is 2.04. The number of amides is 1. The smallest absolute Gasteiger partial charge is 0.331 e. The molecule has 1 aromatic carbocycles. The molecule has 1 aromatic rings. The van der Waals surface area contributed by atoms with Crippen molar-refractivity contribution in [2.24, 2.45) is 0 Å². The molecule has 1 atom stereocenters. The Labute approximate surface area is 117 Å². The van der Waals surface area contributed by atoms with E-state index in [0.717, 1.165) is 6.42 Å². The third-order valence-corrected chi connectivity index (χ3v) is 2.65. The Balaban J connectivity index is 2.36. The molecule has 1 N–H and O–H groups in total. The number of hydrogen-bond donors (Lipinski definition) is 1. The molecule has 0 fully saturated rings. The van der Waals surface area contributed by atoms with Gasteiger partial charge < -0.3 is 10.1 Å². The Morgan fingerprint density at radius 2 is 2.00 bits per heavy atom. The van der Waals surface area contributed by atoms with E-state index >= 15 is 0 Å². The van der Waals surface area contributed by atoms with Crippen LogP contribution in [-0.2, 0) is 14.3 Å². The second-order valence-corrected chi connectivity index (χ2v) is 4.37. The van der Waals surface area contributed by atoms with E-state index in [9.17, 15) is 14.0 Å². The van der Waals surface area contributed by atoms with Crippen LogP contribution in [0.1, 0.15) is 25.8 Å². The molecular weight excluding hydrogens is 261 g/mol. The average Bonchev–Trinajstić information content (AvgIpc) is 2.44. The van der Waals surface area contributed by atoms with Gasteiger partial charge in [0.2, 0.25) is 0 Å². The third kappa shape index (κ3) is 6.13. The molecule has 0 aliphatic rings. The summed E-state index contributed by atoms with van der Waals surface area (Å²) in [5.41, 5.74) is 0.674. The zero-order valence-corrected chi connectivity index (χ0v) is 11.6. The van der Waals surface area contributed by atoms with E-state index in [1.807, 2.05) is 13.8 Å². The Bertz CT molecular complexity index is 482. The summed E-state index contributed by atoms with van der Waals surface area (Å²) >= 11 is 0. The number of esters is 1. The van der Waals surface area contributed by atoms with Crippen molar-refractivity contribution in [3.05, 3.63) is 41.7 Å². The maximum Gasteiger partial charge on any atom is 0.331 e. The Morgan fingerprint density at radius 3 is 2.60 bits per heavy atom. The minimum Gasteiger partial charge on any atom is -0.452 e. The molecule has 0 saturated carbocycles. The normalized spacial score (nSPS) is 12.2. The van der Waals surface area contributed by atoms with Crippen LogP contribution in [0.15, 0.2) is 30.3 Å². The molecule has 20 heavy (non-hydrogen) atoms. The fourth-order valence-electron chi connectivity index (χ4n) is 1.34. The van der Waals surface area contributed by atoms with E-state index in [1.165, 1.54) is 36.4 Å². The van der Waals surface area contributed by atoms with Gasteiger partial charge in [-0.2, -0.15) is 0 Å². The minimum atomic E-state index is -0.617. The molecule has 0 aliphatic heterocycles. The first-order chi connectivity index (χ1) is 9.51. The SMILES string of the molecule is CC[C@H](C)NC(=O)COC(=O)/C=C/c1ccc(F)cc1. The lowest BCUT2D eigenvalue weighted by Gasteiger charge is -2.10. The number of ether oxygens (including phenoxy) is 1. The van der Waals surface area contributed by atoms with Gasteiger partial charge in [-0.15, -0.1) is 0 Å². The van der Waals surface area contributed by atoms with Crippen LogP contribution in [0.3, 0.4) is 0 Å². The highest BCUT2D eigenvalue weighted by atomic mass is 19.1. The van der Waals surface area contributed by atoms with E-state index in [4.69, 9.17) is 4.74 Å². The molecule has 0 heterocycles. The molecular formula is C15H18FNO3. The van der Waals surface area contributed by atoms with Crippen LogP contribution in [-0.4, -0.2) is 24.5 Å². The van der Waals surface area contributed by atoms with Gasteiger partial charge in [-0.1, -0.05) is 19.1 Å². The number of carbonyl (C=O) groups is 2. The zero-order valence-electron chi connectivity index (χ0n) is 11.6. The Morgan fingerprint density at radius 1 is 1.35 bits per heavy atom. The van der Waals surface area contributed by atoms with Crippen molar-refractivity contribution in [3.63, 3.8) is 0 Å². The molecule has 4 nitrogen and oxygen atoms in total. The second-order valence-electron chi connectivity index (χ2n) is 4.37. The van der Waals surface area contributed by atoms with E-state index in [-0.39, 0.29) is 24.4 Å². The Kier molecular flexibility index (Phi) is 6.43.